The largest absolute Gasteiger partial charge is 0.492 e. The van der Waals surface area contributed by atoms with E-state index in [2.05, 4.69) is 91.6 Å². The van der Waals surface area contributed by atoms with Crippen LogP contribution in [0.3, 0.4) is 0 Å². The van der Waals surface area contributed by atoms with Crippen LogP contribution in [0, 0.1) is 13.8 Å². The number of aldehydes is 1. The van der Waals surface area contributed by atoms with Crippen molar-refractivity contribution in [3.05, 3.63) is 105 Å². The average molecular weight is 464 g/mol. The summed E-state index contributed by atoms with van der Waals surface area (Å²) in [5.41, 5.74) is 11.5. The third-order valence-corrected chi connectivity index (χ3v) is 7.17. The number of ether oxygens (including phenoxy) is 1. The molecule has 5 rings (SSSR count). The molecule has 1 aliphatic carbocycles. The van der Waals surface area contributed by atoms with Crippen LogP contribution in [0.4, 0.5) is 0 Å². The first kappa shape index (κ1) is 23.3. The number of carbonyl (C=O) groups is 1. The molecule has 178 valence electrons. The van der Waals surface area contributed by atoms with Crippen LogP contribution in [0.2, 0.25) is 0 Å². The Labute approximate surface area is 208 Å². The third kappa shape index (κ3) is 5.01. The van der Waals surface area contributed by atoms with Gasteiger partial charge in [-0.2, -0.15) is 0 Å². The topological polar surface area (TPSA) is 29.5 Å². The van der Waals surface area contributed by atoms with Crippen molar-refractivity contribution < 1.29 is 9.53 Å². The van der Waals surface area contributed by atoms with Crippen molar-refractivity contribution in [2.75, 3.05) is 26.2 Å². The Morgan fingerprint density at radius 3 is 2.14 bits per heavy atom. The Kier molecular flexibility index (Phi) is 6.96. The maximum Gasteiger partial charge on any atom is 0.125 e. The maximum absolute atomic E-state index is 11.1. The van der Waals surface area contributed by atoms with E-state index in [-0.39, 0.29) is 0 Å². The molecule has 2 aliphatic rings. The molecule has 0 bridgehead atoms. The zero-order chi connectivity index (χ0) is 24.2. The molecule has 3 nitrogen and oxygen atoms in total. The van der Waals surface area contributed by atoms with Gasteiger partial charge in [-0.1, -0.05) is 84.0 Å². The first-order chi connectivity index (χ1) is 17.1. The predicted molar refractivity (Wildman–Crippen MR) is 145 cm³/mol. The van der Waals surface area contributed by atoms with Crippen LogP contribution in [-0.4, -0.2) is 37.4 Å². The fraction of sp³-hybridized carbons (Fsp3) is 0.281. The van der Waals surface area contributed by atoms with Gasteiger partial charge in [-0.25, -0.2) is 0 Å². The van der Waals surface area contributed by atoms with Gasteiger partial charge >= 0.3 is 0 Å². The molecule has 1 saturated heterocycles. The Morgan fingerprint density at radius 2 is 1.51 bits per heavy atom. The predicted octanol–water partition coefficient (Wildman–Crippen LogP) is 6.51. The van der Waals surface area contributed by atoms with Gasteiger partial charge in [-0.15, -0.1) is 0 Å². The summed E-state index contributed by atoms with van der Waals surface area (Å²) in [4.78, 5) is 13.6. The van der Waals surface area contributed by atoms with Crippen molar-refractivity contribution in [3.8, 4) is 5.75 Å². The van der Waals surface area contributed by atoms with E-state index in [1.807, 2.05) is 0 Å². The van der Waals surface area contributed by atoms with Crippen molar-refractivity contribution in [1.29, 1.82) is 0 Å². The number of aryl methyl sites for hydroxylation is 2. The molecule has 1 heterocycles. The minimum Gasteiger partial charge on any atom is -0.492 e. The number of hydrogen-bond donors (Lipinski definition) is 0. The highest BCUT2D eigenvalue weighted by molar-refractivity contribution is 5.94. The normalized spacial score (nSPS) is 15.4. The Bertz CT molecular complexity index is 1240. The summed E-state index contributed by atoms with van der Waals surface area (Å²) in [6.07, 6.45) is 7.99. The molecular weight excluding hydrogens is 430 g/mol. The van der Waals surface area contributed by atoms with Crippen LogP contribution in [0.15, 0.2) is 66.2 Å². The molecule has 3 aromatic rings. The second kappa shape index (κ2) is 10.5. The zero-order valence-corrected chi connectivity index (χ0v) is 20.7. The van der Waals surface area contributed by atoms with E-state index in [1.54, 1.807) is 5.57 Å². The number of likely N-dealkylation sites (tertiary alicyclic amines) is 1. The second-order valence-electron chi connectivity index (χ2n) is 9.62. The first-order valence-corrected chi connectivity index (χ1v) is 12.6. The molecule has 3 heteroatoms. The first-order valence-electron chi connectivity index (χ1n) is 12.6. The minimum absolute atomic E-state index is 0.399. The Hall–Kier alpha value is -3.43. The van der Waals surface area contributed by atoms with Crippen LogP contribution in [0.25, 0.3) is 17.7 Å². The lowest BCUT2D eigenvalue weighted by atomic mass is 9.86. The lowest BCUT2D eigenvalue weighted by Gasteiger charge is -2.30. The summed E-state index contributed by atoms with van der Waals surface area (Å²) >= 11 is 0. The molecule has 3 aromatic carbocycles. The van der Waals surface area contributed by atoms with Crippen LogP contribution < -0.4 is 4.74 Å². The summed E-state index contributed by atoms with van der Waals surface area (Å²) < 4.78 is 6.21. The van der Waals surface area contributed by atoms with Crippen LogP contribution in [-0.2, 0) is 11.2 Å². The van der Waals surface area contributed by atoms with E-state index in [1.165, 1.54) is 33.4 Å². The number of rotatable bonds is 6. The summed E-state index contributed by atoms with van der Waals surface area (Å²) in [5, 5.41) is 0. The van der Waals surface area contributed by atoms with E-state index < -0.39 is 0 Å². The third-order valence-electron chi connectivity index (χ3n) is 7.17. The average Bonchev–Trinajstić information content (AvgIpc) is 3.03. The quantitative estimate of drug-likeness (QED) is 0.306. The molecule has 0 atom stereocenters. The van der Waals surface area contributed by atoms with Crippen molar-refractivity contribution in [1.82, 2.24) is 4.90 Å². The summed E-state index contributed by atoms with van der Waals surface area (Å²) in [6, 6.07) is 21.7. The number of fused-ring (bicyclic) bond motifs is 2. The van der Waals surface area contributed by atoms with Crippen molar-refractivity contribution in [3.63, 3.8) is 0 Å². The van der Waals surface area contributed by atoms with E-state index in [4.69, 9.17) is 4.74 Å². The molecule has 35 heavy (non-hydrogen) atoms. The molecule has 0 amide bonds. The number of hydrogen-bond acceptors (Lipinski definition) is 3. The molecular formula is C32H33NO2. The summed E-state index contributed by atoms with van der Waals surface area (Å²) in [6.45, 7) is 7.73. The van der Waals surface area contributed by atoms with Gasteiger partial charge in [0, 0.05) is 31.6 Å². The monoisotopic (exact) mass is 463 g/mol. The van der Waals surface area contributed by atoms with Crippen LogP contribution in [0.5, 0.6) is 5.75 Å². The van der Waals surface area contributed by atoms with E-state index >= 15 is 0 Å². The zero-order valence-electron chi connectivity index (χ0n) is 20.7. The van der Waals surface area contributed by atoms with Gasteiger partial charge < -0.3 is 9.53 Å². The van der Waals surface area contributed by atoms with E-state index in [9.17, 15) is 4.79 Å². The minimum atomic E-state index is 0.399. The SMILES string of the molecule is Cc1cc(C)c(OCCN2CCC(=C3c4ccccc4C=Cc4ccccc43)CC2)c(CC=O)c1. The molecule has 1 aliphatic heterocycles. The van der Waals surface area contributed by atoms with E-state index in [0.29, 0.717) is 13.0 Å². The fourth-order valence-electron chi connectivity index (χ4n) is 5.51. The Balaban J connectivity index is 1.30. The molecule has 0 aromatic heterocycles. The number of carbonyl (C=O) groups excluding carboxylic acids is 1. The lowest BCUT2D eigenvalue weighted by Crippen LogP contribution is -2.34. The van der Waals surface area contributed by atoms with E-state index in [0.717, 1.165) is 55.6 Å². The highest BCUT2D eigenvalue weighted by atomic mass is 16.5. The summed E-state index contributed by atoms with van der Waals surface area (Å²) in [7, 11) is 0. The van der Waals surface area contributed by atoms with Gasteiger partial charge in [0.25, 0.3) is 0 Å². The van der Waals surface area contributed by atoms with Gasteiger partial charge in [-0.05, 0) is 60.1 Å². The second-order valence-corrected chi connectivity index (χ2v) is 9.62. The van der Waals surface area contributed by atoms with Gasteiger partial charge in [-0.3, -0.25) is 4.90 Å². The lowest BCUT2D eigenvalue weighted by molar-refractivity contribution is -0.107. The molecule has 1 fully saturated rings. The molecule has 0 spiro atoms. The van der Waals surface area contributed by atoms with Gasteiger partial charge in [0.1, 0.15) is 18.6 Å². The number of benzene rings is 3. The molecule has 0 radical (unpaired) electrons. The highest BCUT2D eigenvalue weighted by Crippen LogP contribution is 2.38. The Morgan fingerprint density at radius 1 is 0.886 bits per heavy atom. The fourth-order valence-corrected chi connectivity index (χ4v) is 5.51. The summed E-state index contributed by atoms with van der Waals surface area (Å²) in [5.74, 6) is 0.877. The van der Waals surface area contributed by atoms with Gasteiger partial charge in [0.15, 0.2) is 0 Å². The molecule has 0 unspecified atom stereocenters. The van der Waals surface area contributed by atoms with Crippen molar-refractivity contribution in [2.45, 2.75) is 33.1 Å². The molecule has 0 saturated carbocycles. The number of piperidine rings is 1. The van der Waals surface area contributed by atoms with Gasteiger partial charge in [0.05, 0.1) is 0 Å². The smallest absolute Gasteiger partial charge is 0.125 e. The standard InChI is InChI=1S/C32H33NO2/c1-23-21-24(2)32(28(22-23)15-19-34)35-20-18-33-16-13-27(14-17-33)31-29-9-5-3-7-25(29)11-12-26-8-4-6-10-30(26)31/h3-12,19,21-22H,13-18,20H2,1-2H3. The van der Waals surface area contributed by atoms with Crippen molar-refractivity contribution in [2.24, 2.45) is 0 Å². The van der Waals surface area contributed by atoms with Crippen LogP contribution in [0.1, 0.15) is 51.8 Å². The highest BCUT2D eigenvalue weighted by Gasteiger charge is 2.22. The van der Waals surface area contributed by atoms with Gasteiger partial charge in [0.2, 0.25) is 0 Å². The molecule has 0 N–H and O–H groups in total. The van der Waals surface area contributed by atoms with Crippen LogP contribution >= 0.6 is 0 Å². The maximum atomic E-state index is 11.1. The van der Waals surface area contributed by atoms with Crippen molar-refractivity contribution >= 4 is 24.0 Å². The number of nitrogens with zero attached hydrogens (tertiary/aromatic N) is 1.